The van der Waals surface area contributed by atoms with Crippen LogP contribution in [0.3, 0.4) is 0 Å². The van der Waals surface area contributed by atoms with Crippen LogP contribution in [0, 0.1) is 5.82 Å². The average molecular weight is 498 g/mol. The summed E-state index contributed by atoms with van der Waals surface area (Å²) in [7, 11) is 0. The van der Waals surface area contributed by atoms with E-state index in [-0.39, 0.29) is 12.0 Å². The van der Waals surface area contributed by atoms with Crippen molar-refractivity contribution in [1.82, 2.24) is 24.5 Å². The third kappa shape index (κ3) is 5.45. The van der Waals surface area contributed by atoms with Gasteiger partial charge in [-0.2, -0.15) is 0 Å². The molecule has 5 rings (SSSR count). The van der Waals surface area contributed by atoms with E-state index in [1.165, 1.54) is 28.8 Å². The molecule has 2 heterocycles. The van der Waals surface area contributed by atoms with E-state index in [1.54, 1.807) is 22.9 Å². The van der Waals surface area contributed by atoms with Gasteiger partial charge in [0.25, 0.3) is 5.56 Å². The molecule has 1 N–H and O–H groups in total. The molecule has 0 fully saturated rings. The summed E-state index contributed by atoms with van der Waals surface area (Å²) in [6.07, 6.45) is 3.92. The molecule has 0 saturated carbocycles. The minimum absolute atomic E-state index is 0.0378. The molecule has 0 aliphatic heterocycles. The molecule has 2 aromatic heterocycles. The molecule has 3 aromatic carbocycles. The van der Waals surface area contributed by atoms with Crippen molar-refractivity contribution < 1.29 is 14.3 Å². The Morgan fingerprint density at radius 1 is 0.946 bits per heavy atom. The van der Waals surface area contributed by atoms with E-state index in [4.69, 9.17) is 10.1 Å². The predicted octanol–water partition coefficient (Wildman–Crippen LogP) is 4.49. The smallest absolute Gasteiger partial charge is 0.303 e. The number of benzene rings is 3. The van der Waals surface area contributed by atoms with Crippen LogP contribution in [0.1, 0.15) is 36.3 Å². The number of halogens is 1. The number of unbranched alkanes of at least 4 members (excludes halogenated alkanes) is 1. The minimum Gasteiger partial charge on any atom is -0.481 e. The first-order valence-corrected chi connectivity index (χ1v) is 12.0. The average Bonchev–Trinajstić information content (AvgIpc) is 3.36. The van der Waals surface area contributed by atoms with E-state index in [0.29, 0.717) is 53.8 Å². The molecule has 0 spiro atoms. The molecule has 0 saturated heterocycles. The number of rotatable bonds is 9. The molecule has 0 bridgehead atoms. The number of aryl methyl sites for hydroxylation is 1. The second-order valence-corrected chi connectivity index (χ2v) is 8.76. The van der Waals surface area contributed by atoms with E-state index in [2.05, 4.69) is 10.3 Å². The highest BCUT2D eigenvalue weighted by atomic mass is 19.1. The lowest BCUT2D eigenvalue weighted by atomic mass is 10.1. The highest BCUT2D eigenvalue weighted by molar-refractivity contribution is 5.80. The van der Waals surface area contributed by atoms with Gasteiger partial charge in [-0.15, -0.1) is 5.10 Å². The Morgan fingerprint density at radius 2 is 1.70 bits per heavy atom. The quantitative estimate of drug-likeness (QED) is 0.301. The van der Waals surface area contributed by atoms with Crippen LogP contribution in [0.25, 0.3) is 22.3 Å². The molecule has 186 valence electrons. The molecule has 8 nitrogen and oxygen atoms in total. The zero-order valence-electron chi connectivity index (χ0n) is 19.9. The molecular formula is C28H24FN5O3. The van der Waals surface area contributed by atoms with Crippen LogP contribution < -0.4 is 5.56 Å². The summed E-state index contributed by atoms with van der Waals surface area (Å²) in [5.41, 5.74) is 3.37. The fourth-order valence-corrected chi connectivity index (χ4v) is 4.26. The number of aromatic nitrogens is 5. The van der Waals surface area contributed by atoms with Gasteiger partial charge in [0, 0.05) is 19.3 Å². The van der Waals surface area contributed by atoms with Crippen molar-refractivity contribution >= 4 is 16.9 Å². The minimum atomic E-state index is -0.869. The van der Waals surface area contributed by atoms with Gasteiger partial charge in [0.05, 0.1) is 34.2 Å². The summed E-state index contributed by atoms with van der Waals surface area (Å²) in [6.45, 7) is 0. The predicted molar refractivity (Wildman–Crippen MR) is 137 cm³/mol. The van der Waals surface area contributed by atoms with Gasteiger partial charge in [0.1, 0.15) is 11.6 Å². The highest BCUT2D eigenvalue weighted by Gasteiger charge is 2.15. The molecule has 0 amide bonds. The van der Waals surface area contributed by atoms with E-state index in [9.17, 15) is 14.0 Å². The van der Waals surface area contributed by atoms with Crippen LogP contribution in [0.2, 0.25) is 0 Å². The Hall–Kier alpha value is -4.66. The molecule has 9 heteroatoms. The molecule has 0 aliphatic rings. The lowest BCUT2D eigenvalue weighted by Crippen LogP contribution is -2.24. The van der Waals surface area contributed by atoms with Crippen LogP contribution in [-0.2, 0) is 17.6 Å². The zero-order valence-corrected chi connectivity index (χ0v) is 19.9. The number of carboxylic acid groups (broad SMARTS) is 1. The molecular weight excluding hydrogens is 473 g/mol. The molecule has 0 unspecified atom stereocenters. The SMILES string of the molecule is O=C(O)CCCCc1nc2cc(-n3cc(Cc4ccccc4)nn3)ccc2c(=O)n1-c1ccc(F)cc1. The summed E-state index contributed by atoms with van der Waals surface area (Å²) < 4.78 is 16.7. The van der Waals surface area contributed by atoms with Gasteiger partial charge in [-0.25, -0.2) is 14.1 Å². The number of fused-ring (bicyclic) bond motifs is 1. The monoisotopic (exact) mass is 497 g/mol. The fourth-order valence-electron chi connectivity index (χ4n) is 4.26. The number of hydrogen-bond acceptors (Lipinski definition) is 5. The molecule has 0 aliphatic carbocycles. The number of nitrogens with zero attached hydrogens (tertiary/aromatic N) is 5. The number of hydrogen-bond donors (Lipinski definition) is 1. The molecule has 0 atom stereocenters. The topological polar surface area (TPSA) is 103 Å². The highest BCUT2D eigenvalue weighted by Crippen LogP contribution is 2.19. The maximum atomic E-state index is 13.5. The summed E-state index contributed by atoms with van der Waals surface area (Å²) in [5, 5.41) is 17.9. The number of aliphatic carboxylic acids is 1. The Morgan fingerprint density at radius 3 is 2.46 bits per heavy atom. The van der Waals surface area contributed by atoms with E-state index in [1.807, 2.05) is 36.5 Å². The molecule has 5 aromatic rings. The summed E-state index contributed by atoms with van der Waals surface area (Å²) >= 11 is 0. The first-order chi connectivity index (χ1) is 18.0. The van der Waals surface area contributed by atoms with Gasteiger partial charge in [-0.05, 0) is 60.9 Å². The Balaban J connectivity index is 1.51. The summed E-state index contributed by atoms with van der Waals surface area (Å²) in [4.78, 5) is 29.2. The number of carbonyl (C=O) groups is 1. The van der Waals surface area contributed by atoms with Crippen molar-refractivity contribution in [3.8, 4) is 11.4 Å². The van der Waals surface area contributed by atoms with E-state index in [0.717, 1.165) is 11.3 Å². The lowest BCUT2D eigenvalue weighted by Gasteiger charge is -2.14. The van der Waals surface area contributed by atoms with Gasteiger partial charge in [-0.3, -0.25) is 14.2 Å². The van der Waals surface area contributed by atoms with E-state index < -0.39 is 11.8 Å². The standard InChI is InChI=1S/C28H24FN5O3/c29-20-10-12-22(13-11-20)34-26(8-4-5-9-27(35)36)30-25-17-23(14-15-24(25)28(34)37)33-18-21(31-32-33)16-19-6-2-1-3-7-19/h1-3,6-7,10-15,17-18H,4-5,8-9,16H2,(H,35,36). The van der Waals surface area contributed by atoms with Gasteiger partial charge >= 0.3 is 5.97 Å². The Kier molecular flexibility index (Phi) is 6.85. The fraction of sp³-hybridized carbons (Fsp3) is 0.179. The largest absolute Gasteiger partial charge is 0.481 e. The first-order valence-electron chi connectivity index (χ1n) is 12.0. The first kappa shape index (κ1) is 24.1. The zero-order chi connectivity index (χ0) is 25.8. The normalized spacial score (nSPS) is 11.2. The van der Waals surface area contributed by atoms with Crippen LogP contribution in [0.5, 0.6) is 0 Å². The molecule has 0 radical (unpaired) electrons. The van der Waals surface area contributed by atoms with E-state index >= 15 is 0 Å². The van der Waals surface area contributed by atoms with Crippen molar-refractivity contribution in [3.05, 3.63) is 112 Å². The van der Waals surface area contributed by atoms with Gasteiger partial charge < -0.3 is 5.11 Å². The van der Waals surface area contributed by atoms with Crippen molar-refractivity contribution in [2.45, 2.75) is 32.1 Å². The third-order valence-electron chi connectivity index (χ3n) is 6.08. The maximum Gasteiger partial charge on any atom is 0.303 e. The lowest BCUT2D eigenvalue weighted by molar-refractivity contribution is -0.137. The van der Waals surface area contributed by atoms with Crippen molar-refractivity contribution in [3.63, 3.8) is 0 Å². The summed E-state index contributed by atoms with van der Waals surface area (Å²) in [5.74, 6) is -0.792. The van der Waals surface area contributed by atoms with Crippen molar-refractivity contribution in [1.29, 1.82) is 0 Å². The van der Waals surface area contributed by atoms with Crippen LogP contribution in [0.4, 0.5) is 4.39 Å². The second kappa shape index (κ2) is 10.5. The molecule has 37 heavy (non-hydrogen) atoms. The van der Waals surface area contributed by atoms with Crippen molar-refractivity contribution in [2.24, 2.45) is 0 Å². The van der Waals surface area contributed by atoms with Gasteiger partial charge in [-0.1, -0.05) is 35.5 Å². The maximum absolute atomic E-state index is 13.5. The summed E-state index contributed by atoms with van der Waals surface area (Å²) in [6, 6.07) is 20.9. The Labute approximate surface area is 211 Å². The van der Waals surface area contributed by atoms with Crippen LogP contribution in [-0.4, -0.2) is 35.6 Å². The van der Waals surface area contributed by atoms with Crippen molar-refractivity contribution in [2.75, 3.05) is 0 Å². The van der Waals surface area contributed by atoms with Gasteiger partial charge in [0.2, 0.25) is 0 Å². The second-order valence-electron chi connectivity index (χ2n) is 8.76. The van der Waals surface area contributed by atoms with Gasteiger partial charge in [0.15, 0.2) is 0 Å². The number of carboxylic acids is 1. The third-order valence-corrected chi connectivity index (χ3v) is 6.08. The Bertz CT molecular complexity index is 1610. The van der Waals surface area contributed by atoms with Crippen LogP contribution >= 0.6 is 0 Å². The van der Waals surface area contributed by atoms with Crippen LogP contribution in [0.15, 0.2) is 83.8 Å².